The van der Waals surface area contributed by atoms with Crippen LogP contribution in [0.15, 0.2) is 78.9 Å². The Balaban J connectivity index is 1.83. The molecule has 10 heteroatoms. The number of likely N-dealkylation sites (N-methyl/N-ethyl adjacent to an activating group) is 1. The van der Waals surface area contributed by atoms with Crippen LogP contribution in [0, 0.1) is 11.6 Å². The van der Waals surface area contributed by atoms with Gasteiger partial charge in [0.05, 0.1) is 11.9 Å². The highest BCUT2D eigenvalue weighted by Crippen LogP contribution is 2.20. The predicted molar refractivity (Wildman–Crippen MR) is 143 cm³/mol. The lowest BCUT2D eigenvalue weighted by atomic mass is 10.0. The topological polar surface area (TPSA) is 86.8 Å². The zero-order valence-corrected chi connectivity index (χ0v) is 22.1. The Kier molecular flexibility index (Phi) is 9.95. The van der Waals surface area contributed by atoms with Crippen molar-refractivity contribution < 1.29 is 26.8 Å². The first-order valence-corrected chi connectivity index (χ1v) is 14.0. The summed E-state index contributed by atoms with van der Waals surface area (Å²) in [5, 5.41) is 2.62. The lowest BCUT2D eigenvalue weighted by molar-refractivity contribution is -0.141. The van der Waals surface area contributed by atoms with Gasteiger partial charge in [-0.05, 0) is 53.9 Å². The van der Waals surface area contributed by atoms with Gasteiger partial charge in [0, 0.05) is 33.0 Å². The first kappa shape index (κ1) is 28.8. The van der Waals surface area contributed by atoms with Crippen molar-refractivity contribution in [3.05, 3.63) is 102 Å². The van der Waals surface area contributed by atoms with Gasteiger partial charge in [-0.25, -0.2) is 17.2 Å². The van der Waals surface area contributed by atoms with E-state index in [2.05, 4.69) is 5.32 Å². The summed E-state index contributed by atoms with van der Waals surface area (Å²) in [4.78, 5) is 27.9. The van der Waals surface area contributed by atoms with E-state index < -0.39 is 27.7 Å². The lowest BCUT2D eigenvalue weighted by Crippen LogP contribution is -2.49. The minimum atomic E-state index is -3.69. The molecule has 7 nitrogen and oxygen atoms in total. The number of hydrogen-bond donors (Lipinski definition) is 1. The van der Waals surface area contributed by atoms with Crippen LogP contribution in [0.5, 0.6) is 0 Å². The number of benzene rings is 3. The van der Waals surface area contributed by atoms with Gasteiger partial charge in [-0.3, -0.25) is 13.9 Å². The summed E-state index contributed by atoms with van der Waals surface area (Å²) < 4.78 is 52.7. The van der Waals surface area contributed by atoms with Crippen LogP contribution in [0.25, 0.3) is 0 Å². The summed E-state index contributed by atoms with van der Waals surface area (Å²) >= 11 is 0. The maximum absolute atomic E-state index is 13.5. The molecule has 3 rings (SSSR count). The van der Waals surface area contributed by atoms with Crippen LogP contribution < -0.4 is 9.62 Å². The molecule has 0 spiro atoms. The van der Waals surface area contributed by atoms with Crippen LogP contribution in [0.4, 0.5) is 14.5 Å². The van der Waals surface area contributed by atoms with Gasteiger partial charge in [-0.1, -0.05) is 42.5 Å². The first-order valence-electron chi connectivity index (χ1n) is 12.1. The van der Waals surface area contributed by atoms with Crippen molar-refractivity contribution in [3.8, 4) is 0 Å². The molecular weight excluding hydrogens is 512 g/mol. The molecule has 0 aliphatic carbocycles. The van der Waals surface area contributed by atoms with Gasteiger partial charge in [-0.15, -0.1) is 0 Å². The highest BCUT2D eigenvalue weighted by atomic mass is 32.2. The fourth-order valence-corrected chi connectivity index (χ4v) is 5.08. The van der Waals surface area contributed by atoms with Crippen LogP contribution >= 0.6 is 0 Å². The molecule has 0 saturated carbocycles. The van der Waals surface area contributed by atoms with Gasteiger partial charge in [0.2, 0.25) is 21.8 Å². The highest BCUT2D eigenvalue weighted by Gasteiger charge is 2.30. The van der Waals surface area contributed by atoms with E-state index in [1.54, 1.807) is 12.1 Å². The van der Waals surface area contributed by atoms with Gasteiger partial charge in [0.1, 0.15) is 17.7 Å². The number of nitrogens with zero attached hydrogens (tertiary/aromatic N) is 2. The number of sulfonamides is 1. The fraction of sp³-hybridized carbons (Fsp3) is 0.286. The lowest BCUT2D eigenvalue weighted by Gasteiger charge is -2.31. The molecule has 0 saturated heterocycles. The third kappa shape index (κ3) is 8.11. The van der Waals surface area contributed by atoms with Crippen molar-refractivity contribution >= 4 is 27.5 Å². The summed E-state index contributed by atoms with van der Waals surface area (Å²) in [6, 6.07) is 19.2. The molecular formula is C28H31F2N3O4S. The second kappa shape index (κ2) is 13.1. The maximum Gasteiger partial charge on any atom is 0.242 e. The van der Waals surface area contributed by atoms with Crippen molar-refractivity contribution in [3.63, 3.8) is 0 Å². The quantitative estimate of drug-likeness (QED) is 0.376. The van der Waals surface area contributed by atoms with E-state index in [1.165, 1.54) is 48.3 Å². The van der Waals surface area contributed by atoms with E-state index in [-0.39, 0.29) is 49.9 Å². The number of amides is 2. The standard InChI is InChI=1S/C28H31F2N3O4S/c1-31-28(35)26(19-21-7-4-3-5-8-21)32(20-22-10-12-23(29)13-11-22)27(34)9-6-18-33(38(2,36)37)25-16-14-24(30)15-17-25/h3-5,7-8,10-17,26H,6,9,18-20H2,1-2H3,(H,31,35). The molecule has 0 aromatic heterocycles. The van der Waals surface area contributed by atoms with E-state index >= 15 is 0 Å². The number of carbonyl (C=O) groups excluding carboxylic acids is 2. The van der Waals surface area contributed by atoms with Crippen molar-refractivity contribution in [2.45, 2.75) is 31.8 Å². The Bertz CT molecular complexity index is 1320. The summed E-state index contributed by atoms with van der Waals surface area (Å²) in [6.45, 7) is 0.0572. The summed E-state index contributed by atoms with van der Waals surface area (Å²) in [5.41, 5.74) is 1.79. The summed E-state index contributed by atoms with van der Waals surface area (Å²) in [5.74, 6) is -1.62. The molecule has 202 valence electrons. The molecule has 38 heavy (non-hydrogen) atoms. The molecule has 3 aromatic carbocycles. The Morgan fingerprint density at radius 3 is 2.00 bits per heavy atom. The van der Waals surface area contributed by atoms with Crippen molar-refractivity contribution in [2.75, 3.05) is 24.2 Å². The minimum absolute atomic E-state index is 0.01000. The highest BCUT2D eigenvalue weighted by molar-refractivity contribution is 7.92. The zero-order chi connectivity index (χ0) is 27.7. The molecule has 1 N–H and O–H groups in total. The molecule has 1 unspecified atom stereocenters. The van der Waals surface area contributed by atoms with Gasteiger partial charge >= 0.3 is 0 Å². The third-order valence-corrected chi connectivity index (χ3v) is 7.24. The van der Waals surface area contributed by atoms with Gasteiger partial charge in [-0.2, -0.15) is 0 Å². The smallest absolute Gasteiger partial charge is 0.242 e. The molecule has 0 aliphatic rings. The van der Waals surface area contributed by atoms with Crippen molar-refractivity contribution in [1.82, 2.24) is 10.2 Å². The molecule has 0 fully saturated rings. The van der Waals surface area contributed by atoms with Crippen LogP contribution in [-0.2, 0) is 32.6 Å². The Hall–Kier alpha value is -3.79. The average Bonchev–Trinajstić information content (AvgIpc) is 2.89. The van der Waals surface area contributed by atoms with E-state index in [0.717, 1.165) is 16.1 Å². The Labute approximate surface area is 222 Å². The number of hydrogen-bond acceptors (Lipinski definition) is 4. The first-order chi connectivity index (χ1) is 18.1. The van der Waals surface area contributed by atoms with E-state index in [9.17, 15) is 26.8 Å². The van der Waals surface area contributed by atoms with E-state index in [4.69, 9.17) is 0 Å². The molecule has 2 amide bonds. The Morgan fingerprint density at radius 1 is 0.868 bits per heavy atom. The molecule has 0 bridgehead atoms. The fourth-order valence-electron chi connectivity index (χ4n) is 4.12. The monoisotopic (exact) mass is 543 g/mol. The number of halogens is 2. The van der Waals surface area contributed by atoms with Crippen LogP contribution in [-0.4, -0.2) is 51.0 Å². The second-order valence-corrected chi connectivity index (χ2v) is 10.8. The molecule has 1 atom stereocenters. The minimum Gasteiger partial charge on any atom is -0.357 e. The van der Waals surface area contributed by atoms with Gasteiger partial charge < -0.3 is 10.2 Å². The zero-order valence-electron chi connectivity index (χ0n) is 21.3. The van der Waals surface area contributed by atoms with Crippen molar-refractivity contribution in [1.29, 1.82) is 0 Å². The average molecular weight is 544 g/mol. The second-order valence-electron chi connectivity index (χ2n) is 8.88. The predicted octanol–water partition coefficient (Wildman–Crippen LogP) is 3.90. The number of nitrogens with one attached hydrogen (secondary N) is 1. The third-order valence-electron chi connectivity index (χ3n) is 6.05. The normalized spacial score (nSPS) is 12.0. The molecule has 0 aliphatic heterocycles. The molecule has 0 radical (unpaired) electrons. The molecule has 0 heterocycles. The Morgan fingerprint density at radius 2 is 1.45 bits per heavy atom. The van der Waals surface area contributed by atoms with E-state index in [0.29, 0.717) is 5.56 Å². The molecule has 3 aromatic rings. The maximum atomic E-state index is 13.5. The largest absolute Gasteiger partial charge is 0.357 e. The summed E-state index contributed by atoms with van der Waals surface area (Å²) in [6.07, 6.45) is 1.42. The summed E-state index contributed by atoms with van der Waals surface area (Å²) in [7, 11) is -2.20. The van der Waals surface area contributed by atoms with Crippen LogP contribution in [0.1, 0.15) is 24.0 Å². The van der Waals surface area contributed by atoms with Gasteiger partial charge in [0.15, 0.2) is 0 Å². The van der Waals surface area contributed by atoms with Gasteiger partial charge in [0.25, 0.3) is 0 Å². The van der Waals surface area contributed by atoms with Crippen molar-refractivity contribution in [2.24, 2.45) is 0 Å². The van der Waals surface area contributed by atoms with Crippen LogP contribution in [0.3, 0.4) is 0 Å². The SMILES string of the molecule is CNC(=O)C(Cc1ccccc1)N(Cc1ccc(F)cc1)C(=O)CCCN(c1ccc(F)cc1)S(C)(=O)=O. The van der Waals surface area contributed by atoms with E-state index in [1.807, 2.05) is 30.3 Å². The number of anilines is 1. The van der Waals surface area contributed by atoms with Crippen LogP contribution in [0.2, 0.25) is 0 Å². The number of rotatable bonds is 12. The number of carbonyl (C=O) groups is 2.